The van der Waals surface area contributed by atoms with Gasteiger partial charge in [-0.2, -0.15) is 9.57 Å². The Balaban J connectivity index is 3.24. The van der Waals surface area contributed by atoms with Crippen LogP contribution in [0, 0.1) is 27.4 Å². The zero-order valence-corrected chi connectivity index (χ0v) is 12.7. The summed E-state index contributed by atoms with van der Waals surface area (Å²) >= 11 is 0. The lowest BCUT2D eigenvalue weighted by molar-refractivity contribution is -0.384. The second-order valence-corrected chi connectivity index (χ2v) is 6.55. The van der Waals surface area contributed by atoms with Crippen molar-refractivity contribution >= 4 is 21.4 Å². The van der Waals surface area contributed by atoms with E-state index in [4.69, 9.17) is 5.26 Å². The van der Waals surface area contributed by atoms with E-state index in [0.717, 1.165) is 10.4 Å². The van der Waals surface area contributed by atoms with Gasteiger partial charge in [0.2, 0.25) is 10.0 Å². The first-order valence-electron chi connectivity index (χ1n) is 6.06. The van der Waals surface area contributed by atoms with Crippen LogP contribution in [0.3, 0.4) is 0 Å². The number of anilines is 1. The lowest BCUT2D eigenvalue weighted by atomic mass is 10.2. The van der Waals surface area contributed by atoms with Crippen LogP contribution in [-0.2, 0) is 10.0 Å². The maximum absolute atomic E-state index is 12.3. The number of benzene rings is 1. The topological polar surface area (TPSA) is 116 Å². The average Bonchev–Trinajstić information content (AvgIpc) is 2.45. The van der Waals surface area contributed by atoms with E-state index in [9.17, 15) is 18.5 Å². The molecule has 1 rings (SSSR count). The van der Waals surface area contributed by atoms with Crippen LogP contribution < -0.4 is 5.32 Å². The van der Waals surface area contributed by atoms with E-state index in [1.54, 1.807) is 6.92 Å². The first kappa shape index (κ1) is 16.9. The fraction of sp³-hybridized carbons (Fsp3) is 0.417. The van der Waals surface area contributed by atoms with E-state index >= 15 is 0 Å². The number of nitrogens with one attached hydrogen (secondary N) is 1. The highest BCUT2D eigenvalue weighted by Crippen LogP contribution is 2.28. The molecule has 1 aromatic rings. The van der Waals surface area contributed by atoms with E-state index in [-0.39, 0.29) is 22.8 Å². The largest absolute Gasteiger partial charge is 0.383 e. The predicted molar refractivity (Wildman–Crippen MR) is 77.2 cm³/mol. The summed E-state index contributed by atoms with van der Waals surface area (Å²) in [5.41, 5.74) is -0.0905. The van der Waals surface area contributed by atoms with Crippen molar-refractivity contribution in [1.29, 1.82) is 5.26 Å². The average molecular weight is 312 g/mol. The summed E-state index contributed by atoms with van der Waals surface area (Å²) in [7, 11) is -1.03. The monoisotopic (exact) mass is 312 g/mol. The molecule has 1 unspecified atom stereocenters. The number of nitrogens with zero attached hydrogens (tertiary/aromatic N) is 3. The molecule has 0 fully saturated rings. The highest BCUT2D eigenvalue weighted by Gasteiger charge is 2.25. The van der Waals surface area contributed by atoms with Crippen molar-refractivity contribution in [2.45, 2.75) is 11.8 Å². The molecular weight excluding hydrogens is 296 g/mol. The minimum absolute atomic E-state index is 0.0143. The normalized spacial score (nSPS) is 12.7. The summed E-state index contributed by atoms with van der Waals surface area (Å²) in [5.74, 6) is -0.476. The summed E-state index contributed by atoms with van der Waals surface area (Å²) in [6.07, 6.45) is 0. The van der Waals surface area contributed by atoms with Gasteiger partial charge in [-0.15, -0.1) is 0 Å². The van der Waals surface area contributed by atoms with Crippen molar-refractivity contribution in [2.24, 2.45) is 5.92 Å². The summed E-state index contributed by atoms with van der Waals surface area (Å²) in [6, 6.07) is 5.58. The van der Waals surface area contributed by atoms with Crippen molar-refractivity contribution in [3.05, 3.63) is 28.3 Å². The molecule has 0 bridgehead atoms. The highest BCUT2D eigenvalue weighted by atomic mass is 32.2. The van der Waals surface area contributed by atoms with E-state index < -0.39 is 20.9 Å². The fourth-order valence-corrected chi connectivity index (χ4v) is 3.02. The first-order valence-corrected chi connectivity index (χ1v) is 7.50. The molecule has 0 aliphatic carbocycles. The lowest BCUT2D eigenvalue weighted by Crippen LogP contribution is -2.30. The molecule has 0 radical (unpaired) electrons. The molecule has 0 spiro atoms. The van der Waals surface area contributed by atoms with E-state index in [2.05, 4.69) is 5.32 Å². The van der Waals surface area contributed by atoms with Crippen LogP contribution in [0.2, 0.25) is 0 Å². The molecule has 8 nitrogen and oxygen atoms in total. The molecule has 9 heteroatoms. The molecule has 0 heterocycles. The van der Waals surface area contributed by atoms with Crippen molar-refractivity contribution in [1.82, 2.24) is 4.31 Å². The van der Waals surface area contributed by atoms with Gasteiger partial charge in [-0.3, -0.25) is 10.1 Å². The molecule has 0 aliphatic heterocycles. The minimum atomic E-state index is -3.88. The SMILES string of the molecule is CNc1ccc(S(=O)(=O)N(C)CC(C)C#N)cc1[N+](=O)[O-]. The third kappa shape index (κ3) is 3.68. The van der Waals surface area contributed by atoms with Crippen LogP contribution in [-0.4, -0.2) is 38.3 Å². The van der Waals surface area contributed by atoms with Crippen LogP contribution in [0.25, 0.3) is 0 Å². The van der Waals surface area contributed by atoms with Gasteiger partial charge in [0, 0.05) is 26.7 Å². The summed E-state index contributed by atoms with van der Waals surface area (Å²) in [5, 5.41) is 22.3. The number of sulfonamides is 1. The number of hydrogen-bond acceptors (Lipinski definition) is 6. The number of nitriles is 1. The number of nitro benzene ring substituents is 1. The third-order valence-electron chi connectivity index (χ3n) is 2.89. The van der Waals surface area contributed by atoms with Gasteiger partial charge >= 0.3 is 0 Å². The maximum atomic E-state index is 12.3. The number of rotatable bonds is 6. The van der Waals surface area contributed by atoms with Crippen LogP contribution in [0.1, 0.15) is 6.92 Å². The molecule has 0 aliphatic rings. The molecule has 1 atom stereocenters. The second-order valence-electron chi connectivity index (χ2n) is 4.50. The van der Waals surface area contributed by atoms with Gasteiger partial charge in [-0.05, 0) is 19.1 Å². The molecule has 0 saturated carbocycles. The molecular formula is C12H16N4O4S. The summed E-state index contributed by atoms with van der Waals surface area (Å²) in [6.45, 7) is 1.61. The summed E-state index contributed by atoms with van der Waals surface area (Å²) < 4.78 is 25.7. The molecule has 0 saturated heterocycles. The predicted octanol–water partition coefficient (Wildman–Crippen LogP) is 1.42. The van der Waals surface area contributed by atoms with Gasteiger partial charge in [-0.25, -0.2) is 8.42 Å². The quantitative estimate of drug-likeness (QED) is 0.627. The third-order valence-corrected chi connectivity index (χ3v) is 4.71. The van der Waals surface area contributed by atoms with Crippen LogP contribution in [0.4, 0.5) is 11.4 Å². The Kier molecular flexibility index (Phi) is 5.23. The Labute approximate surface area is 123 Å². The minimum Gasteiger partial charge on any atom is -0.383 e. The number of nitro groups is 1. The van der Waals surface area contributed by atoms with Crippen molar-refractivity contribution in [3.63, 3.8) is 0 Å². The zero-order valence-electron chi connectivity index (χ0n) is 11.9. The van der Waals surface area contributed by atoms with Gasteiger partial charge in [-0.1, -0.05) is 0 Å². The van der Waals surface area contributed by atoms with Gasteiger partial charge < -0.3 is 5.32 Å². The van der Waals surface area contributed by atoms with Crippen LogP contribution >= 0.6 is 0 Å². The molecule has 1 N–H and O–H groups in total. The van der Waals surface area contributed by atoms with Crippen LogP contribution in [0.5, 0.6) is 0 Å². The lowest BCUT2D eigenvalue weighted by Gasteiger charge is -2.18. The van der Waals surface area contributed by atoms with Gasteiger partial charge in [0.25, 0.3) is 5.69 Å². The zero-order chi connectivity index (χ0) is 16.2. The highest BCUT2D eigenvalue weighted by molar-refractivity contribution is 7.89. The Morgan fingerprint density at radius 3 is 2.62 bits per heavy atom. The van der Waals surface area contributed by atoms with Crippen LogP contribution in [0.15, 0.2) is 23.1 Å². The smallest absolute Gasteiger partial charge is 0.293 e. The fourth-order valence-electron chi connectivity index (χ4n) is 1.74. The van der Waals surface area contributed by atoms with E-state index in [1.165, 1.54) is 26.2 Å². The van der Waals surface area contributed by atoms with Crippen molar-refractivity contribution in [3.8, 4) is 6.07 Å². The summed E-state index contributed by atoms with van der Waals surface area (Å²) in [4.78, 5) is 10.1. The van der Waals surface area contributed by atoms with Crippen molar-refractivity contribution < 1.29 is 13.3 Å². The second kappa shape index (κ2) is 6.51. The van der Waals surface area contributed by atoms with Gasteiger partial charge in [0.15, 0.2) is 0 Å². The number of hydrogen-bond donors (Lipinski definition) is 1. The standard InChI is InChI=1S/C12H16N4O4S/c1-9(7-13)8-15(3)21(19,20)10-4-5-11(14-2)12(6-10)16(17)18/h4-6,9,14H,8H2,1-3H3. The molecule has 114 valence electrons. The molecule has 1 aromatic carbocycles. The van der Waals surface area contributed by atoms with Gasteiger partial charge in [0.1, 0.15) is 5.69 Å². The van der Waals surface area contributed by atoms with E-state index in [0.29, 0.717) is 0 Å². The molecule has 0 amide bonds. The maximum Gasteiger partial charge on any atom is 0.293 e. The van der Waals surface area contributed by atoms with E-state index in [1.807, 2.05) is 6.07 Å². The molecule has 0 aromatic heterocycles. The Morgan fingerprint density at radius 2 is 2.14 bits per heavy atom. The Bertz CT molecular complexity index is 681. The van der Waals surface area contributed by atoms with Crippen molar-refractivity contribution in [2.75, 3.05) is 26.0 Å². The first-order chi connectivity index (χ1) is 9.73. The Morgan fingerprint density at radius 1 is 1.52 bits per heavy atom. The Hall–Kier alpha value is -2.18. The molecule has 21 heavy (non-hydrogen) atoms. The van der Waals surface area contributed by atoms with Gasteiger partial charge in [0.05, 0.1) is 21.8 Å².